The average molecular weight is 300 g/mol. The lowest BCUT2D eigenvalue weighted by Gasteiger charge is -2.15. The van der Waals surface area contributed by atoms with Crippen molar-refractivity contribution in [1.29, 1.82) is 0 Å². The number of hydrogen-bond acceptors (Lipinski definition) is 4. The number of anilines is 1. The summed E-state index contributed by atoms with van der Waals surface area (Å²) in [6.45, 7) is 0.604. The highest BCUT2D eigenvalue weighted by atomic mass is 16.5. The first-order chi connectivity index (χ1) is 10.6. The zero-order valence-corrected chi connectivity index (χ0v) is 11.9. The second-order valence-electron chi connectivity index (χ2n) is 5.06. The van der Waals surface area contributed by atoms with Crippen LogP contribution in [0.3, 0.4) is 0 Å². The summed E-state index contributed by atoms with van der Waals surface area (Å²) in [5, 5.41) is 2.84. The predicted molar refractivity (Wildman–Crippen MR) is 79.7 cm³/mol. The predicted octanol–water partition coefficient (Wildman–Crippen LogP) is 1.09. The topological polar surface area (TPSA) is 99.2 Å². The molecule has 1 saturated heterocycles. The highest BCUT2D eigenvalue weighted by molar-refractivity contribution is 5.98. The van der Waals surface area contributed by atoms with Gasteiger partial charge < -0.3 is 20.4 Å². The summed E-state index contributed by atoms with van der Waals surface area (Å²) in [5.41, 5.74) is 6.87. The molecule has 0 spiro atoms. The number of imidazole rings is 1. The standard InChI is InChI=1S/C15H16N4O3/c16-14(20)10-3-4-11(12(8-10)19-6-5-17-9-19)18-15(21)13-2-1-7-22-13/h3-6,8-9,13H,1-2,7H2,(H2,16,20)(H,18,21)/t13-/m1/s1. The minimum atomic E-state index is -0.529. The SMILES string of the molecule is NC(=O)c1ccc(NC(=O)[C@H]2CCCO2)c(-n2ccnc2)c1. The van der Waals surface area contributed by atoms with Crippen molar-refractivity contribution >= 4 is 17.5 Å². The van der Waals surface area contributed by atoms with Crippen LogP contribution in [-0.2, 0) is 9.53 Å². The fraction of sp³-hybridized carbons (Fsp3) is 0.267. The van der Waals surface area contributed by atoms with Crippen LogP contribution in [0.2, 0.25) is 0 Å². The van der Waals surface area contributed by atoms with Crippen LogP contribution in [0.15, 0.2) is 36.9 Å². The first kappa shape index (κ1) is 14.3. The van der Waals surface area contributed by atoms with Crippen molar-refractivity contribution in [3.05, 3.63) is 42.5 Å². The molecule has 7 nitrogen and oxygen atoms in total. The zero-order valence-electron chi connectivity index (χ0n) is 11.9. The number of amides is 2. The van der Waals surface area contributed by atoms with Gasteiger partial charge in [-0.25, -0.2) is 4.98 Å². The van der Waals surface area contributed by atoms with Gasteiger partial charge in [-0.2, -0.15) is 0 Å². The molecule has 1 atom stereocenters. The van der Waals surface area contributed by atoms with E-state index in [2.05, 4.69) is 10.3 Å². The molecule has 1 aromatic carbocycles. The number of nitrogens with zero attached hydrogens (tertiary/aromatic N) is 2. The molecule has 1 aliphatic heterocycles. The van der Waals surface area contributed by atoms with Gasteiger partial charge in [0.15, 0.2) is 0 Å². The number of ether oxygens (including phenoxy) is 1. The Morgan fingerprint density at radius 1 is 1.41 bits per heavy atom. The first-order valence-corrected chi connectivity index (χ1v) is 7.00. The Balaban J connectivity index is 1.92. The highest BCUT2D eigenvalue weighted by Crippen LogP contribution is 2.23. The fourth-order valence-electron chi connectivity index (χ4n) is 2.40. The molecule has 3 rings (SSSR count). The molecule has 0 aliphatic carbocycles. The molecule has 3 N–H and O–H groups in total. The van der Waals surface area contributed by atoms with E-state index in [1.165, 1.54) is 0 Å². The first-order valence-electron chi connectivity index (χ1n) is 7.00. The minimum Gasteiger partial charge on any atom is -0.368 e. The van der Waals surface area contributed by atoms with Crippen molar-refractivity contribution in [2.45, 2.75) is 18.9 Å². The largest absolute Gasteiger partial charge is 0.368 e. The third kappa shape index (κ3) is 2.84. The molecule has 7 heteroatoms. The molecule has 1 aliphatic rings. The Morgan fingerprint density at radius 3 is 2.91 bits per heavy atom. The van der Waals surface area contributed by atoms with Gasteiger partial charge in [-0.15, -0.1) is 0 Å². The van der Waals surface area contributed by atoms with Crippen molar-refractivity contribution in [3.8, 4) is 5.69 Å². The molecule has 22 heavy (non-hydrogen) atoms. The number of nitrogens with two attached hydrogens (primary N) is 1. The van der Waals surface area contributed by atoms with Crippen LogP contribution in [0.4, 0.5) is 5.69 Å². The van der Waals surface area contributed by atoms with Gasteiger partial charge in [-0.3, -0.25) is 9.59 Å². The Bertz CT molecular complexity index is 691. The summed E-state index contributed by atoms with van der Waals surface area (Å²) in [6.07, 6.45) is 6.09. The van der Waals surface area contributed by atoms with E-state index in [9.17, 15) is 9.59 Å². The minimum absolute atomic E-state index is 0.189. The number of aromatic nitrogens is 2. The maximum absolute atomic E-state index is 12.2. The highest BCUT2D eigenvalue weighted by Gasteiger charge is 2.24. The van der Waals surface area contributed by atoms with Crippen LogP contribution < -0.4 is 11.1 Å². The maximum atomic E-state index is 12.2. The fourth-order valence-corrected chi connectivity index (χ4v) is 2.40. The van der Waals surface area contributed by atoms with Gasteiger partial charge in [-0.05, 0) is 31.0 Å². The molecule has 2 amide bonds. The molecular formula is C15H16N4O3. The lowest BCUT2D eigenvalue weighted by Crippen LogP contribution is -2.27. The summed E-state index contributed by atoms with van der Waals surface area (Å²) in [6, 6.07) is 4.85. The summed E-state index contributed by atoms with van der Waals surface area (Å²) >= 11 is 0. The van der Waals surface area contributed by atoms with Gasteiger partial charge in [0.05, 0.1) is 17.7 Å². The maximum Gasteiger partial charge on any atom is 0.253 e. The molecule has 0 saturated carbocycles. The molecule has 0 radical (unpaired) electrons. The van der Waals surface area contributed by atoms with E-state index < -0.39 is 12.0 Å². The summed E-state index contributed by atoms with van der Waals surface area (Å²) in [4.78, 5) is 27.5. The van der Waals surface area contributed by atoms with Crippen molar-refractivity contribution in [2.75, 3.05) is 11.9 Å². The van der Waals surface area contributed by atoms with Gasteiger partial charge >= 0.3 is 0 Å². The Morgan fingerprint density at radius 2 is 2.27 bits per heavy atom. The summed E-state index contributed by atoms with van der Waals surface area (Å²) in [5.74, 6) is -0.718. The molecular weight excluding hydrogens is 284 g/mol. The third-order valence-electron chi connectivity index (χ3n) is 3.54. The number of nitrogens with one attached hydrogen (secondary N) is 1. The van der Waals surface area contributed by atoms with Gasteiger partial charge in [-0.1, -0.05) is 0 Å². The van der Waals surface area contributed by atoms with Crippen molar-refractivity contribution < 1.29 is 14.3 Å². The number of primary amides is 1. The van der Waals surface area contributed by atoms with E-state index in [-0.39, 0.29) is 5.91 Å². The smallest absolute Gasteiger partial charge is 0.253 e. The van der Waals surface area contributed by atoms with E-state index in [0.717, 1.165) is 6.42 Å². The normalized spacial score (nSPS) is 17.4. The van der Waals surface area contributed by atoms with Crippen molar-refractivity contribution in [3.63, 3.8) is 0 Å². The van der Waals surface area contributed by atoms with Crippen LogP contribution in [0, 0.1) is 0 Å². The molecule has 0 unspecified atom stereocenters. The summed E-state index contributed by atoms with van der Waals surface area (Å²) < 4.78 is 7.08. The van der Waals surface area contributed by atoms with Crippen molar-refractivity contribution in [2.24, 2.45) is 5.73 Å². The molecule has 1 aromatic heterocycles. The van der Waals surface area contributed by atoms with Crippen LogP contribution in [-0.4, -0.2) is 34.1 Å². The van der Waals surface area contributed by atoms with E-state index in [1.54, 1.807) is 41.5 Å². The van der Waals surface area contributed by atoms with Gasteiger partial charge in [0.1, 0.15) is 6.10 Å². The Hall–Kier alpha value is -2.67. The number of carbonyl (C=O) groups excluding carboxylic acids is 2. The zero-order chi connectivity index (χ0) is 15.5. The second kappa shape index (κ2) is 5.98. The third-order valence-corrected chi connectivity index (χ3v) is 3.54. The van der Waals surface area contributed by atoms with E-state index in [4.69, 9.17) is 10.5 Å². The van der Waals surface area contributed by atoms with Crippen LogP contribution in [0.1, 0.15) is 23.2 Å². The second-order valence-corrected chi connectivity index (χ2v) is 5.06. The van der Waals surface area contributed by atoms with E-state index in [0.29, 0.717) is 30.0 Å². The summed E-state index contributed by atoms with van der Waals surface area (Å²) in [7, 11) is 0. The average Bonchev–Trinajstić information content (AvgIpc) is 3.21. The Labute approximate surface area is 127 Å². The van der Waals surface area contributed by atoms with Gasteiger partial charge in [0.25, 0.3) is 5.91 Å². The lowest BCUT2D eigenvalue weighted by atomic mass is 10.1. The van der Waals surface area contributed by atoms with Crippen LogP contribution in [0.25, 0.3) is 5.69 Å². The van der Waals surface area contributed by atoms with Crippen LogP contribution >= 0.6 is 0 Å². The molecule has 1 fully saturated rings. The molecule has 0 bridgehead atoms. The monoisotopic (exact) mass is 300 g/mol. The van der Waals surface area contributed by atoms with Gasteiger partial charge in [0.2, 0.25) is 5.91 Å². The quantitative estimate of drug-likeness (QED) is 0.882. The Kier molecular flexibility index (Phi) is 3.88. The molecule has 2 aromatic rings. The number of benzene rings is 1. The van der Waals surface area contributed by atoms with Crippen molar-refractivity contribution in [1.82, 2.24) is 9.55 Å². The van der Waals surface area contributed by atoms with Gasteiger partial charge in [0, 0.05) is 24.6 Å². The lowest BCUT2D eigenvalue weighted by molar-refractivity contribution is -0.124. The number of rotatable bonds is 4. The molecule has 114 valence electrons. The van der Waals surface area contributed by atoms with E-state index >= 15 is 0 Å². The van der Waals surface area contributed by atoms with E-state index in [1.807, 2.05) is 0 Å². The number of hydrogen-bond donors (Lipinski definition) is 2. The number of carbonyl (C=O) groups is 2. The van der Waals surface area contributed by atoms with Crippen LogP contribution in [0.5, 0.6) is 0 Å². The molecule has 2 heterocycles.